The van der Waals surface area contributed by atoms with E-state index in [-0.39, 0.29) is 0 Å². The van der Waals surface area contributed by atoms with Crippen molar-refractivity contribution in [3.63, 3.8) is 0 Å². The molecule has 4 heteroatoms. The summed E-state index contributed by atoms with van der Waals surface area (Å²) in [5, 5.41) is 9.61. The quantitative estimate of drug-likeness (QED) is 0.196. The minimum atomic E-state index is 0.339. The molecule has 0 amide bonds. The summed E-state index contributed by atoms with van der Waals surface area (Å²) >= 11 is 0. The maximum atomic E-state index is 6.82. The van der Waals surface area contributed by atoms with Gasteiger partial charge in [0.15, 0.2) is 11.2 Å². The first-order chi connectivity index (χ1) is 22.7. The van der Waals surface area contributed by atoms with E-state index < -0.39 is 0 Å². The Hall–Kier alpha value is -4.18. The van der Waals surface area contributed by atoms with E-state index in [1.807, 2.05) is 0 Å². The minimum Gasteiger partial charge on any atom is -0.452 e. The number of rotatable bonds is 3. The van der Waals surface area contributed by atoms with Gasteiger partial charge in [-0.15, -0.1) is 0 Å². The predicted octanol–water partition coefficient (Wildman–Crippen LogP) is 11.9. The van der Waals surface area contributed by atoms with Gasteiger partial charge in [0.1, 0.15) is 11.2 Å². The van der Waals surface area contributed by atoms with Crippen molar-refractivity contribution in [2.75, 3.05) is 36.0 Å². The number of benzene rings is 5. The van der Waals surface area contributed by atoms with Crippen LogP contribution >= 0.6 is 0 Å². The summed E-state index contributed by atoms with van der Waals surface area (Å²) in [5.74, 6) is 3.21. The van der Waals surface area contributed by atoms with E-state index in [1.54, 1.807) is 0 Å². The summed E-state index contributed by atoms with van der Waals surface area (Å²) < 4.78 is 13.6. The molecule has 2 fully saturated rings. The molecule has 2 aromatic heterocycles. The van der Waals surface area contributed by atoms with E-state index in [9.17, 15) is 0 Å². The van der Waals surface area contributed by atoms with Crippen molar-refractivity contribution in [3.05, 3.63) is 72.3 Å². The number of anilines is 2. The van der Waals surface area contributed by atoms with Gasteiger partial charge in [-0.1, -0.05) is 53.7 Å². The summed E-state index contributed by atoms with van der Waals surface area (Å²) in [6.45, 7) is 18.6. The molecule has 9 rings (SSSR count). The highest BCUT2D eigenvalue weighted by atomic mass is 16.4. The van der Waals surface area contributed by atoms with Crippen LogP contribution in [0.25, 0.3) is 65.4 Å². The fourth-order valence-electron chi connectivity index (χ4n) is 9.26. The van der Waals surface area contributed by atoms with Gasteiger partial charge in [0.2, 0.25) is 0 Å². The summed E-state index contributed by atoms with van der Waals surface area (Å²) in [6, 6.07) is 25.4. The lowest BCUT2D eigenvalue weighted by Crippen LogP contribution is -2.38. The van der Waals surface area contributed by atoms with Gasteiger partial charge in [-0.2, -0.15) is 0 Å². The molecule has 0 saturated carbocycles. The molecule has 240 valence electrons. The van der Waals surface area contributed by atoms with Crippen LogP contribution in [-0.2, 0) is 0 Å². The van der Waals surface area contributed by atoms with Gasteiger partial charge >= 0.3 is 0 Å². The summed E-state index contributed by atoms with van der Waals surface area (Å²) in [5.41, 5.74) is 7.51. The Morgan fingerprint density at radius 3 is 1.55 bits per heavy atom. The van der Waals surface area contributed by atoms with E-state index in [0.717, 1.165) is 83.0 Å². The van der Waals surface area contributed by atoms with Crippen LogP contribution in [0, 0.1) is 23.7 Å². The molecule has 7 aromatic rings. The van der Waals surface area contributed by atoms with E-state index >= 15 is 0 Å². The molecular formula is C43H46N2O2. The average Bonchev–Trinajstić information content (AvgIpc) is 3.58. The zero-order chi connectivity index (χ0) is 32.1. The average molecular weight is 623 g/mol. The highest BCUT2D eigenvalue weighted by Gasteiger charge is 2.25. The Morgan fingerprint density at radius 1 is 0.532 bits per heavy atom. The second-order valence-corrected chi connectivity index (χ2v) is 15.9. The van der Waals surface area contributed by atoms with Crippen LogP contribution < -0.4 is 9.80 Å². The van der Waals surface area contributed by atoms with Crippen molar-refractivity contribution in [1.29, 1.82) is 0 Å². The second-order valence-electron chi connectivity index (χ2n) is 15.9. The first-order valence-corrected chi connectivity index (χ1v) is 17.9. The first kappa shape index (κ1) is 29.0. The Morgan fingerprint density at radius 2 is 1.02 bits per heavy atom. The molecule has 0 radical (unpaired) electrons. The second kappa shape index (κ2) is 10.7. The summed E-state index contributed by atoms with van der Waals surface area (Å²) in [7, 11) is 0. The van der Waals surface area contributed by atoms with Crippen molar-refractivity contribution in [2.45, 2.75) is 60.3 Å². The number of hydrogen-bond donors (Lipinski definition) is 0. The van der Waals surface area contributed by atoms with E-state index in [4.69, 9.17) is 8.83 Å². The maximum absolute atomic E-state index is 6.82. The van der Waals surface area contributed by atoms with Crippen molar-refractivity contribution in [2.24, 2.45) is 23.7 Å². The predicted molar refractivity (Wildman–Crippen MR) is 200 cm³/mol. The molecule has 4 unspecified atom stereocenters. The molecule has 2 aliphatic heterocycles. The fourth-order valence-corrected chi connectivity index (χ4v) is 9.26. The summed E-state index contributed by atoms with van der Waals surface area (Å²) in [6.07, 6.45) is 2.62. The van der Waals surface area contributed by atoms with Crippen LogP contribution in [-0.4, -0.2) is 26.2 Å². The molecule has 2 saturated heterocycles. The third-order valence-electron chi connectivity index (χ3n) is 11.2. The molecule has 0 spiro atoms. The molecule has 2 aliphatic rings. The van der Waals surface area contributed by atoms with E-state index in [2.05, 4.69) is 118 Å². The van der Waals surface area contributed by atoms with Crippen molar-refractivity contribution in [1.82, 2.24) is 0 Å². The van der Waals surface area contributed by atoms with Gasteiger partial charge in [0, 0.05) is 59.1 Å². The van der Waals surface area contributed by atoms with Gasteiger partial charge < -0.3 is 18.6 Å². The number of fused-ring (bicyclic) bond motifs is 9. The standard InChI is InChI=1S/C43H46N2O2/c1-24(2)35-19-37-36-15-29-7-9-33(44-20-25(3)11-26(4)21-44)13-31(29)17-39(36)46-42(37)43-41(35)38-16-30-8-10-34(14-32(30)18-40(38)47-43)45-22-27(5)12-28(6)23-45/h7-10,13-19,24-28H,11-12,20-23H2,1-6H3. The maximum Gasteiger partial charge on any atom is 0.178 e. The SMILES string of the molecule is CC1CC(C)CN(c2ccc3cc4c(cc3c2)oc2c4cc(C(C)C)c3c4cc5ccc(N6CC(C)CC(C)C6)cc5cc4oc23)C1. The lowest BCUT2D eigenvalue weighted by Gasteiger charge is -2.36. The van der Waals surface area contributed by atoms with Gasteiger partial charge in [-0.25, -0.2) is 0 Å². The molecule has 4 nitrogen and oxygen atoms in total. The first-order valence-electron chi connectivity index (χ1n) is 17.9. The number of furan rings is 2. The molecule has 47 heavy (non-hydrogen) atoms. The Balaban J connectivity index is 1.20. The van der Waals surface area contributed by atoms with Crippen LogP contribution in [0.2, 0.25) is 0 Å². The number of nitrogens with zero attached hydrogens (tertiary/aromatic N) is 2. The molecule has 0 aliphatic carbocycles. The van der Waals surface area contributed by atoms with Crippen LogP contribution in [0.1, 0.15) is 65.9 Å². The van der Waals surface area contributed by atoms with Crippen LogP contribution in [0.5, 0.6) is 0 Å². The minimum absolute atomic E-state index is 0.339. The highest BCUT2D eigenvalue weighted by Crippen LogP contribution is 2.45. The van der Waals surface area contributed by atoms with Crippen molar-refractivity contribution >= 4 is 76.8 Å². The molecule has 4 heterocycles. The van der Waals surface area contributed by atoms with Crippen LogP contribution in [0.4, 0.5) is 11.4 Å². The largest absolute Gasteiger partial charge is 0.452 e. The zero-order valence-electron chi connectivity index (χ0n) is 28.7. The van der Waals surface area contributed by atoms with E-state index in [0.29, 0.717) is 5.92 Å². The number of hydrogen-bond acceptors (Lipinski definition) is 4. The van der Waals surface area contributed by atoms with Gasteiger partial charge in [-0.3, -0.25) is 0 Å². The zero-order valence-corrected chi connectivity index (χ0v) is 28.7. The number of piperidine rings is 2. The van der Waals surface area contributed by atoms with Gasteiger partial charge in [-0.05, 0) is 124 Å². The Bertz CT molecular complexity index is 2320. The normalized spacial score (nSPS) is 22.7. The van der Waals surface area contributed by atoms with Crippen LogP contribution in [0.15, 0.2) is 75.6 Å². The van der Waals surface area contributed by atoms with E-state index in [1.165, 1.54) is 62.1 Å². The molecular weight excluding hydrogens is 576 g/mol. The molecule has 0 N–H and O–H groups in total. The molecule has 4 atom stereocenters. The summed E-state index contributed by atoms with van der Waals surface area (Å²) in [4.78, 5) is 5.13. The Kier molecular flexibility index (Phi) is 6.58. The van der Waals surface area contributed by atoms with Crippen LogP contribution in [0.3, 0.4) is 0 Å². The van der Waals surface area contributed by atoms with Gasteiger partial charge in [0.05, 0.1) is 0 Å². The third kappa shape index (κ3) is 4.78. The molecule has 0 bridgehead atoms. The van der Waals surface area contributed by atoms with Gasteiger partial charge in [0.25, 0.3) is 0 Å². The Labute approximate surface area is 277 Å². The highest BCUT2D eigenvalue weighted by molar-refractivity contribution is 6.22. The smallest absolute Gasteiger partial charge is 0.178 e. The van der Waals surface area contributed by atoms with Crippen molar-refractivity contribution in [3.8, 4) is 0 Å². The fraction of sp³-hybridized carbons (Fsp3) is 0.395. The topological polar surface area (TPSA) is 32.8 Å². The van der Waals surface area contributed by atoms with Crippen molar-refractivity contribution < 1.29 is 8.83 Å². The third-order valence-corrected chi connectivity index (χ3v) is 11.2. The molecule has 5 aromatic carbocycles. The lowest BCUT2D eigenvalue weighted by molar-refractivity contribution is 0.357. The lowest BCUT2D eigenvalue weighted by atomic mass is 9.91. The monoisotopic (exact) mass is 622 g/mol.